The van der Waals surface area contributed by atoms with E-state index in [0.29, 0.717) is 6.54 Å². The number of carbonyl (C=O) groups is 1. The van der Waals surface area contributed by atoms with Gasteiger partial charge in [0.1, 0.15) is 0 Å². The molecule has 0 aliphatic heterocycles. The van der Waals surface area contributed by atoms with Crippen molar-refractivity contribution in [2.24, 2.45) is 4.99 Å². The Morgan fingerprint density at radius 3 is 2.50 bits per heavy atom. The molecule has 7 nitrogen and oxygen atoms in total. The van der Waals surface area contributed by atoms with Crippen molar-refractivity contribution >= 4 is 17.7 Å². The van der Waals surface area contributed by atoms with E-state index >= 15 is 0 Å². The monoisotopic (exact) mass is 363 g/mol. The highest BCUT2D eigenvalue weighted by molar-refractivity contribution is 5.89. The fraction of sp³-hybridized carbons (Fsp3) is 0.579. The molecule has 0 fully saturated rings. The summed E-state index contributed by atoms with van der Waals surface area (Å²) in [5, 5.41) is 12.2. The van der Waals surface area contributed by atoms with Crippen LogP contribution >= 0.6 is 0 Å². The molecule has 2 amide bonds. The Balaban J connectivity index is 2.31. The van der Waals surface area contributed by atoms with Crippen LogP contribution in [-0.4, -0.2) is 44.8 Å². The van der Waals surface area contributed by atoms with E-state index in [1.807, 2.05) is 45.0 Å². The van der Waals surface area contributed by atoms with Gasteiger partial charge in [0.05, 0.1) is 0 Å². The number of urea groups is 1. The maximum absolute atomic E-state index is 11.7. The molecule has 0 unspecified atom stereocenters. The third-order valence-corrected chi connectivity index (χ3v) is 3.53. The number of ether oxygens (including phenoxy) is 1. The van der Waals surface area contributed by atoms with Gasteiger partial charge in [0.2, 0.25) is 0 Å². The molecule has 0 radical (unpaired) electrons. The van der Waals surface area contributed by atoms with Crippen molar-refractivity contribution in [2.75, 3.05) is 32.1 Å². The molecule has 0 aliphatic carbocycles. The number of hydrogen-bond acceptors (Lipinski definition) is 3. The summed E-state index contributed by atoms with van der Waals surface area (Å²) in [7, 11) is 1.76. The molecule has 0 atom stereocenters. The third-order valence-electron chi connectivity index (χ3n) is 3.53. The van der Waals surface area contributed by atoms with Crippen molar-refractivity contribution in [3.63, 3.8) is 0 Å². The molecule has 0 bridgehead atoms. The molecule has 0 saturated heterocycles. The van der Waals surface area contributed by atoms with Crippen molar-refractivity contribution in [3.05, 3.63) is 29.8 Å². The molecule has 0 saturated carbocycles. The first-order chi connectivity index (χ1) is 12.5. The van der Waals surface area contributed by atoms with E-state index in [1.165, 1.54) is 0 Å². The van der Waals surface area contributed by atoms with E-state index in [4.69, 9.17) is 4.74 Å². The lowest BCUT2D eigenvalue weighted by Crippen LogP contribution is -2.37. The molecule has 4 N–H and O–H groups in total. The second-order valence-electron chi connectivity index (χ2n) is 6.21. The summed E-state index contributed by atoms with van der Waals surface area (Å²) in [4.78, 5) is 15.9. The number of anilines is 1. The number of nitrogens with zero attached hydrogens (tertiary/aromatic N) is 1. The predicted octanol–water partition coefficient (Wildman–Crippen LogP) is 2.70. The number of amides is 2. The fourth-order valence-electron chi connectivity index (χ4n) is 2.22. The van der Waals surface area contributed by atoms with Gasteiger partial charge in [0.25, 0.3) is 0 Å². The molecule has 1 aromatic carbocycles. The number of benzene rings is 1. The number of rotatable bonds is 10. The summed E-state index contributed by atoms with van der Waals surface area (Å²) in [5.41, 5.74) is 1.88. The summed E-state index contributed by atoms with van der Waals surface area (Å²) in [6.45, 7) is 8.96. The van der Waals surface area contributed by atoms with E-state index in [9.17, 15) is 4.79 Å². The molecule has 146 valence electrons. The van der Waals surface area contributed by atoms with Gasteiger partial charge < -0.3 is 26.0 Å². The van der Waals surface area contributed by atoms with Crippen LogP contribution in [-0.2, 0) is 11.3 Å². The van der Waals surface area contributed by atoms with Crippen molar-refractivity contribution in [3.8, 4) is 0 Å². The van der Waals surface area contributed by atoms with Crippen molar-refractivity contribution in [1.82, 2.24) is 16.0 Å². The van der Waals surface area contributed by atoms with Gasteiger partial charge in [-0.25, -0.2) is 4.79 Å². The van der Waals surface area contributed by atoms with Crippen molar-refractivity contribution < 1.29 is 9.53 Å². The summed E-state index contributed by atoms with van der Waals surface area (Å²) >= 11 is 0. The van der Waals surface area contributed by atoms with Crippen LogP contribution in [0.5, 0.6) is 0 Å². The van der Waals surface area contributed by atoms with Crippen LogP contribution in [0.1, 0.15) is 39.2 Å². The average molecular weight is 364 g/mol. The standard InChI is InChI=1S/C19H33N5O2/c1-5-26-13-7-6-12-21-18(20-4)22-14-16-8-10-17(11-9-16)24-19(25)23-15(2)3/h8-11,15H,5-7,12-14H2,1-4H3,(H2,20,21,22)(H2,23,24,25). The Morgan fingerprint density at radius 1 is 1.15 bits per heavy atom. The zero-order valence-electron chi connectivity index (χ0n) is 16.4. The quantitative estimate of drug-likeness (QED) is 0.292. The zero-order valence-corrected chi connectivity index (χ0v) is 16.4. The van der Waals surface area contributed by atoms with Gasteiger partial charge in [-0.05, 0) is 51.3 Å². The molecule has 0 spiro atoms. The summed E-state index contributed by atoms with van der Waals surface area (Å²) in [5.74, 6) is 0.778. The Hall–Kier alpha value is -2.28. The summed E-state index contributed by atoms with van der Waals surface area (Å²) in [6.07, 6.45) is 2.08. The maximum atomic E-state index is 11.7. The van der Waals surface area contributed by atoms with Gasteiger partial charge in [-0.2, -0.15) is 0 Å². The van der Waals surface area contributed by atoms with Crippen LogP contribution in [0.4, 0.5) is 10.5 Å². The fourth-order valence-corrected chi connectivity index (χ4v) is 2.22. The van der Waals surface area contributed by atoms with Gasteiger partial charge in [0, 0.05) is 45.1 Å². The Morgan fingerprint density at radius 2 is 1.88 bits per heavy atom. The van der Waals surface area contributed by atoms with E-state index in [0.717, 1.165) is 49.8 Å². The Bertz CT molecular complexity index is 543. The second kappa shape index (κ2) is 13.0. The van der Waals surface area contributed by atoms with Crippen LogP contribution in [0, 0.1) is 0 Å². The van der Waals surface area contributed by atoms with Crippen molar-refractivity contribution in [2.45, 2.75) is 46.2 Å². The minimum absolute atomic E-state index is 0.108. The number of unbranched alkanes of at least 4 members (excludes halogenated alkanes) is 1. The number of hydrogen-bond donors (Lipinski definition) is 4. The Kier molecular flexibility index (Phi) is 10.9. The van der Waals surface area contributed by atoms with E-state index in [-0.39, 0.29) is 12.1 Å². The predicted molar refractivity (Wildman–Crippen MR) is 108 cm³/mol. The number of carbonyl (C=O) groups excluding carboxylic acids is 1. The lowest BCUT2D eigenvalue weighted by molar-refractivity contribution is 0.143. The molecule has 1 rings (SSSR count). The van der Waals surface area contributed by atoms with Crippen LogP contribution in [0.25, 0.3) is 0 Å². The highest BCUT2D eigenvalue weighted by atomic mass is 16.5. The topological polar surface area (TPSA) is 86.8 Å². The van der Waals surface area contributed by atoms with E-state index in [1.54, 1.807) is 7.05 Å². The van der Waals surface area contributed by atoms with E-state index < -0.39 is 0 Å². The highest BCUT2D eigenvalue weighted by Crippen LogP contribution is 2.09. The van der Waals surface area contributed by atoms with Gasteiger partial charge in [-0.1, -0.05) is 12.1 Å². The number of aliphatic imine (C=N–C) groups is 1. The molecule has 1 aromatic rings. The number of guanidine groups is 1. The molecule has 0 heterocycles. The first-order valence-corrected chi connectivity index (χ1v) is 9.23. The van der Waals surface area contributed by atoms with Crippen LogP contribution < -0.4 is 21.3 Å². The minimum atomic E-state index is -0.195. The lowest BCUT2D eigenvalue weighted by Gasteiger charge is -2.13. The molecule has 0 aliphatic rings. The van der Waals surface area contributed by atoms with Gasteiger partial charge >= 0.3 is 6.03 Å². The van der Waals surface area contributed by atoms with Gasteiger partial charge in [0.15, 0.2) is 5.96 Å². The average Bonchev–Trinajstić information content (AvgIpc) is 2.61. The van der Waals surface area contributed by atoms with E-state index in [2.05, 4.69) is 26.3 Å². The molecular formula is C19H33N5O2. The second-order valence-corrected chi connectivity index (χ2v) is 6.21. The number of nitrogens with one attached hydrogen (secondary N) is 4. The Labute approximate surface area is 157 Å². The first-order valence-electron chi connectivity index (χ1n) is 9.23. The zero-order chi connectivity index (χ0) is 19.2. The molecule has 7 heteroatoms. The SMILES string of the molecule is CCOCCCCNC(=NC)NCc1ccc(NC(=O)NC(C)C)cc1. The van der Waals surface area contributed by atoms with Crippen molar-refractivity contribution in [1.29, 1.82) is 0 Å². The van der Waals surface area contributed by atoms with Gasteiger partial charge in [-0.3, -0.25) is 4.99 Å². The summed E-state index contributed by atoms with van der Waals surface area (Å²) in [6, 6.07) is 7.65. The van der Waals surface area contributed by atoms with Crippen LogP contribution in [0.2, 0.25) is 0 Å². The third kappa shape index (κ3) is 9.88. The lowest BCUT2D eigenvalue weighted by atomic mass is 10.2. The van der Waals surface area contributed by atoms with Crippen LogP contribution in [0.3, 0.4) is 0 Å². The smallest absolute Gasteiger partial charge is 0.319 e. The molecule has 26 heavy (non-hydrogen) atoms. The largest absolute Gasteiger partial charge is 0.382 e. The molecule has 0 aromatic heterocycles. The summed E-state index contributed by atoms with van der Waals surface area (Å²) < 4.78 is 5.32. The maximum Gasteiger partial charge on any atom is 0.319 e. The molecular weight excluding hydrogens is 330 g/mol. The normalized spacial score (nSPS) is 11.3. The highest BCUT2D eigenvalue weighted by Gasteiger charge is 2.03. The van der Waals surface area contributed by atoms with Gasteiger partial charge in [-0.15, -0.1) is 0 Å². The minimum Gasteiger partial charge on any atom is -0.382 e. The van der Waals surface area contributed by atoms with Crippen LogP contribution in [0.15, 0.2) is 29.3 Å². The first kappa shape index (κ1) is 21.8.